The summed E-state index contributed by atoms with van der Waals surface area (Å²) in [6.07, 6.45) is 0.487. The minimum Gasteiger partial charge on any atom is -0.338 e. The third-order valence-corrected chi connectivity index (χ3v) is 4.71. The van der Waals surface area contributed by atoms with Crippen LogP contribution in [0, 0.1) is 0 Å². The molecule has 29 heavy (non-hydrogen) atoms. The molecule has 2 aromatic carbocycles. The van der Waals surface area contributed by atoms with Gasteiger partial charge in [-0.05, 0) is 24.3 Å². The van der Waals surface area contributed by atoms with Gasteiger partial charge in [-0.1, -0.05) is 24.3 Å². The van der Waals surface area contributed by atoms with E-state index in [9.17, 15) is 14.4 Å². The Bertz CT molecular complexity index is 1330. The van der Waals surface area contributed by atoms with Gasteiger partial charge in [0.2, 0.25) is 5.91 Å². The van der Waals surface area contributed by atoms with Crippen molar-refractivity contribution >= 4 is 27.7 Å². The normalized spacial score (nSPS) is 11.1. The topological polar surface area (TPSA) is 112 Å². The molecule has 2 N–H and O–H groups in total. The monoisotopic (exact) mass is 389 g/mol. The molecular formula is C21H19N5O3. The van der Waals surface area contributed by atoms with Crippen LogP contribution in [-0.2, 0) is 17.8 Å². The van der Waals surface area contributed by atoms with E-state index in [-0.39, 0.29) is 30.0 Å². The Hall–Kier alpha value is -3.81. The number of nitrogens with zero attached hydrogens (tertiary/aromatic N) is 3. The van der Waals surface area contributed by atoms with E-state index >= 15 is 0 Å². The van der Waals surface area contributed by atoms with E-state index in [0.29, 0.717) is 39.9 Å². The number of carbonyl (C=O) groups is 1. The van der Waals surface area contributed by atoms with E-state index in [1.54, 1.807) is 43.4 Å². The second-order valence-electron chi connectivity index (χ2n) is 6.81. The van der Waals surface area contributed by atoms with Gasteiger partial charge in [0.15, 0.2) is 0 Å². The number of aromatic amines is 2. The average Bonchev–Trinajstić information content (AvgIpc) is 2.72. The molecule has 0 saturated heterocycles. The van der Waals surface area contributed by atoms with Crippen molar-refractivity contribution in [2.24, 2.45) is 0 Å². The van der Waals surface area contributed by atoms with Gasteiger partial charge in [0.1, 0.15) is 11.6 Å². The number of carbonyl (C=O) groups excluding carboxylic acids is 1. The maximum Gasteiger partial charge on any atom is 0.258 e. The average molecular weight is 389 g/mol. The van der Waals surface area contributed by atoms with E-state index in [2.05, 4.69) is 19.9 Å². The molecule has 0 radical (unpaired) electrons. The first-order valence-electron chi connectivity index (χ1n) is 9.21. The van der Waals surface area contributed by atoms with Crippen molar-refractivity contribution in [3.8, 4) is 0 Å². The highest BCUT2D eigenvalue weighted by molar-refractivity contribution is 5.78. The Morgan fingerprint density at radius 1 is 0.862 bits per heavy atom. The molecule has 8 heteroatoms. The third kappa shape index (κ3) is 3.91. The number of para-hydroxylation sites is 2. The summed E-state index contributed by atoms with van der Waals surface area (Å²) in [6, 6.07) is 14.1. The maximum absolute atomic E-state index is 12.5. The Morgan fingerprint density at radius 2 is 1.38 bits per heavy atom. The number of fused-ring (bicyclic) bond motifs is 2. The summed E-state index contributed by atoms with van der Waals surface area (Å²) in [5, 5.41) is 1.03. The number of H-pyrrole nitrogens is 2. The highest BCUT2D eigenvalue weighted by Gasteiger charge is 2.13. The van der Waals surface area contributed by atoms with Crippen LogP contribution in [0.3, 0.4) is 0 Å². The molecule has 146 valence electrons. The van der Waals surface area contributed by atoms with Crippen LogP contribution in [0.2, 0.25) is 0 Å². The summed E-state index contributed by atoms with van der Waals surface area (Å²) < 4.78 is 0. The van der Waals surface area contributed by atoms with Crippen LogP contribution < -0.4 is 11.1 Å². The minimum absolute atomic E-state index is 0.142. The van der Waals surface area contributed by atoms with E-state index in [1.807, 2.05) is 12.1 Å². The summed E-state index contributed by atoms with van der Waals surface area (Å²) >= 11 is 0. The molecule has 0 saturated carbocycles. The molecule has 0 aliphatic carbocycles. The highest BCUT2D eigenvalue weighted by Crippen LogP contribution is 2.09. The lowest BCUT2D eigenvalue weighted by atomic mass is 10.2. The molecule has 0 unspecified atom stereocenters. The molecule has 0 aliphatic rings. The third-order valence-electron chi connectivity index (χ3n) is 4.71. The van der Waals surface area contributed by atoms with Gasteiger partial charge in [-0.15, -0.1) is 0 Å². The number of benzene rings is 2. The van der Waals surface area contributed by atoms with Crippen LogP contribution in [0.15, 0.2) is 58.1 Å². The lowest BCUT2D eigenvalue weighted by molar-refractivity contribution is -0.130. The number of aryl methyl sites for hydroxylation is 1. The molecule has 4 rings (SSSR count). The number of rotatable bonds is 5. The molecule has 0 spiro atoms. The van der Waals surface area contributed by atoms with Gasteiger partial charge >= 0.3 is 0 Å². The minimum atomic E-state index is -0.232. The van der Waals surface area contributed by atoms with Crippen LogP contribution in [0.5, 0.6) is 0 Å². The molecule has 8 nitrogen and oxygen atoms in total. The van der Waals surface area contributed by atoms with Gasteiger partial charge in [0.25, 0.3) is 11.1 Å². The molecule has 4 aromatic rings. The molecule has 0 fully saturated rings. The summed E-state index contributed by atoms with van der Waals surface area (Å²) in [6.45, 7) is 0.181. The molecule has 2 heterocycles. The number of aromatic nitrogens is 4. The number of hydrogen-bond donors (Lipinski definition) is 2. The van der Waals surface area contributed by atoms with Crippen molar-refractivity contribution in [3.05, 3.63) is 80.9 Å². The molecule has 1 amide bonds. The van der Waals surface area contributed by atoms with Crippen LogP contribution in [0.25, 0.3) is 21.8 Å². The summed E-state index contributed by atoms with van der Waals surface area (Å²) in [4.78, 5) is 52.5. The van der Waals surface area contributed by atoms with Crippen molar-refractivity contribution in [1.82, 2.24) is 24.8 Å². The SMILES string of the molecule is CN(Cc1nc2ccccc2c(=O)[nH]1)C(=O)CCc1nc2ccccc2c(=O)[nH]1. The first-order valence-corrected chi connectivity index (χ1v) is 9.21. The van der Waals surface area contributed by atoms with Gasteiger partial charge in [0, 0.05) is 19.9 Å². The highest BCUT2D eigenvalue weighted by atomic mass is 16.2. The Labute approximate surface area is 165 Å². The summed E-state index contributed by atoms with van der Waals surface area (Å²) in [7, 11) is 1.65. The van der Waals surface area contributed by atoms with E-state index in [0.717, 1.165) is 0 Å². The zero-order valence-electron chi connectivity index (χ0n) is 15.8. The standard InChI is InChI=1S/C21H19N5O3/c1-26(12-18-23-16-9-5-3-7-14(16)21(29)25-18)19(27)11-10-17-22-15-8-4-2-6-13(15)20(28)24-17/h2-9H,10-12H2,1H3,(H,22,24,28)(H,23,25,29). The lowest BCUT2D eigenvalue weighted by Crippen LogP contribution is -2.28. The van der Waals surface area contributed by atoms with Crippen molar-refractivity contribution in [1.29, 1.82) is 0 Å². The lowest BCUT2D eigenvalue weighted by Gasteiger charge is -2.16. The Kier molecular flexibility index (Phi) is 4.90. The predicted molar refractivity (Wildman–Crippen MR) is 110 cm³/mol. The summed E-state index contributed by atoms with van der Waals surface area (Å²) in [5.41, 5.74) is 0.740. The smallest absolute Gasteiger partial charge is 0.258 e. The maximum atomic E-state index is 12.5. The van der Waals surface area contributed by atoms with E-state index in [1.165, 1.54) is 4.90 Å². The Balaban J connectivity index is 1.45. The summed E-state index contributed by atoms with van der Waals surface area (Å²) in [5.74, 6) is 0.742. The number of nitrogens with one attached hydrogen (secondary N) is 2. The van der Waals surface area contributed by atoms with Crippen molar-refractivity contribution in [3.63, 3.8) is 0 Å². The van der Waals surface area contributed by atoms with Gasteiger partial charge < -0.3 is 14.9 Å². The molecule has 0 aliphatic heterocycles. The fourth-order valence-electron chi connectivity index (χ4n) is 3.19. The second kappa shape index (κ2) is 7.67. The van der Waals surface area contributed by atoms with Crippen molar-refractivity contribution in [2.75, 3.05) is 7.05 Å². The van der Waals surface area contributed by atoms with Gasteiger partial charge in [0.05, 0.1) is 28.4 Å². The first-order chi connectivity index (χ1) is 14.0. The molecule has 0 atom stereocenters. The quantitative estimate of drug-likeness (QED) is 0.540. The molecule has 2 aromatic heterocycles. The fourth-order valence-corrected chi connectivity index (χ4v) is 3.19. The second-order valence-corrected chi connectivity index (χ2v) is 6.81. The van der Waals surface area contributed by atoms with E-state index < -0.39 is 0 Å². The predicted octanol–water partition coefficient (Wildman–Crippen LogP) is 1.75. The number of amides is 1. The zero-order chi connectivity index (χ0) is 20.4. The number of hydrogen-bond acceptors (Lipinski definition) is 5. The van der Waals surface area contributed by atoms with Crippen LogP contribution >= 0.6 is 0 Å². The van der Waals surface area contributed by atoms with Gasteiger partial charge in [-0.2, -0.15) is 0 Å². The fraction of sp³-hybridized carbons (Fsp3) is 0.190. The zero-order valence-corrected chi connectivity index (χ0v) is 15.8. The molecular weight excluding hydrogens is 370 g/mol. The molecule has 0 bridgehead atoms. The largest absolute Gasteiger partial charge is 0.338 e. The van der Waals surface area contributed by atoms with E-state index in [4.69, 9.17) is 0 Å². The first kappa shape index (κ1) is 18.5. The van der Waals surface area contributed by atoms with Crippen molar-refractivity contribution in [2.45, 2.75) is 19.4 Å². The van der Waals surface area contributed by atoms with Crippen LogP contribution in [0.4, 0.5) is 0 Å². The van der Waals surface area contributed by atoms with Gasteiger partial charge in [-0.3, -0.25) is 14.4 Å². The Morgan fingerprint density at radius 3 is 2.00 bits per heavy atom. The van der Waals surface area contributed by atoms with Crippen molar-refractivity contribution < 1.29 is 4.79 Å². The van der Waals surface area contributed by atoms with Crippen LogP contribution in [0.1, 0.15) is 18.1 Å². The van der Waals surface area contributed by atoms with Gasteiger partial charge in [-0.25, -0.2) is 9.97 Å². The van der Waals surface area contributed by atoms with Crippen LogP contribution in [-0.4, -0.2) is 37.8 Å².